The van der Waals surface area contributed by atoms with E-state index in [1.807, 2.05) is 37.3 Å². The number of thiocarbonyl (C=S) groups is 1. The van der Waals surface area contributed by atoms with E-state index in [4.69, 9.17) is 12.2 Å². The Labute approximate surface area is 187 Å². The minimum atomic E-state index is -0.438. The number of nitrogens with zero attached hydrogens (tertiary/aromatic N) is 3. The summed E-state index contributed by atoms with van der Waals surface area (Å²) in [6, 6.07) is 18.0. The molecule has 0 N–H and O–H groups in total. The number of carbonyl (C=O) groups excluding carboxylic acids is 2. The number of imide groups is 1. The van der Waals surface area contributed by atoms with Gasteiger partial charge in [-0.3, -0.25) is 14.5 Å². The first-order valence-corrected chi connectivity index (χ1v) is 11.5. The third kappa shape index (κ3) is 4.58. The van der Waals surface area contributed by atoms with Crippen molar-refractivity contribution in [1.82, 2.24) is 9.80 Å². The number of thioether (sulfide) groups is 1. The lowest BCUT2D eigenvalue weighted by Crippen LogP contribution is -2.47. The molecule has 0 bridgehead atoms. The fourth-order valence-corrected chi connectivity index (χ4v) is 5.43. The number of rotatable bonds is 4. The van der Waals surface area contributed by atoms with Crippen LogP contribution in [0.3, 0.4) is 0 Å². The van der Waals surface area contributed by atoms with E-state index in [2.05, 4.69) is 34.1 Å². The molecule has 0 aromatic heterocycles. The first-order chi connectivity index (χ1) is 14.5. The average molecular weight is 440 g/mol. The molecule has 2 aliphatic rings. The second-order valence-electron chi connectivity index (χ2n) is 7.68. The second-order valence-corrected chi connectivity index (χ2v) is 9.52. The minimum absolute atomic E-state index is 0.151. The molecule has 2 aliphatic heterocycles. The van der Waals surface area contributed by atoms with Crippen molar-refractivity contribution in [3.63, 3.8) is 0 Å². The monoisotopic (exact) mass is 439 g/mol. The molecule has 7 heteroatoms. The van der Waals surface area contributed by atoms with Crippen LogP contribution in [0.15, 0.2) is 54.6 Å². The van der Waals surface area contributed by atoms with Crippen molar-refractivity contribution >= 4 is 45.8 Å². The number of anilines is 1. The second kappa shape index (κ2) is 9.29. The lowest BCUT2D eigenvalue weighted by molar-refractivity contribution is -0.121. The van der Waals surface area contributed by atoms with Crippen LogP contribution in [0.5, 0.6) is 0 Å². The van der Waals surface area contributed by atoms with E-state index in [0.29, 0.717) is 10.0 Å². The van der Waals surface area contributed by atoms with Gasteiger partial charge in [-0.1, -0.05) is 72.5 Å². The predicted octanol–water partition coefficient (Wildman–Crippen LogP) is 3.46. The molecule has 4 rings (SSSR count). The number of para-hydroxylation sites is 1. The molecule has 0 aliphatic carbocycles. The van der Waals surface area contributed by atoms with Crippen LogP contribution in [0.4, 0.5) is 5.69 Å². The van der Waals surface area contributed by atoms with E-state index >= 15 is 0 Å². The highest BCUT2D eigenvalue weighted by Crippen LogP contribution is 2.32. The normalized spacial score (nSPS) is 20.1. The number of carbonyl (C=O) groups is 2. The molecule has 2 amide bonds. The van der Waals surface area contributed by atoms with Crippen molar-refractivity contribution in [3.05, 3.63) is 65.7 Å². The molecule has 1 atom stereocenters. The highest BCUT2D eigenvalue weighted by Gasteiger charge is 2.41. The lowest BCUT2D eigenvalue weighted by atomic mass is 10.2. The van der Waals surface area contributed by atoms with Gasteiger partial charge < -0.3 is 4.90 Å². The molecule has 0 spiro atoms. The smallest absolute Gasteiger partial charge is 0.247 e. The fraction of sp³-hybridized carbons (Fsp3) is 0.348. The van der Waals surface area contributed by atoms with Crippen molar-refractivity contribution in [2.75, 3.05) is 31.1 Å². The first kappa shape index (κ1) is 21.0. The fourth-order valence-electron chi connectivity index (χ4n) is 3.89. The molecule has 2 fully saturated rings. The van der Waals surface area contributed by atoms with E-state index in [0.717, 1.165) is 38.3 Å². The molecule has 1 unspecified atom stereocenters. The largest absolute Gasteiger partial charge is 0.355 e. The van der Waals surface area contributed by atoms with Gasteiger partial charge in [0, 0.05) is 39.1 Å². The number of hydrogen-bond acceptors (Lipinski definition) is 5. The number of piperazine rings is 1. The molecule has 0 radical (unpaired) electrons. The van der Waals surface area contributed by atoms with Crippen molar-refractivity contribution in [3.8, 4) is 0 Å². The minimum Gasteiger partial charge on any atom is -0.355 e. The summed E-state index contributed by atoms with van der Waals surface area (Å²) in [6.45, 7) is 6.40. The number of amides is 2. The molecule has 30 heavy (non-hydrogen) atoms. The van der Waals surface area contributed by atoms with Crippen LogP contribution in [0.25, 0.3) is 0 Å². The van der Waals surface area contributed by atoms with Crippen LogP contribution in [-0.2, 0) is 16.1 Å². The van der Waals surface area contributed by atoms with Crippen LogP contribution in [0, 0.1) is 6.92 Å². The Kier molecular flexibility index (Phi) is 6.51. The van der Waals surface area contributed by atoms with Crippen LogP contribution < -0.4 is 4.90 Å². The van der Waals surface area contributed by atoms with Gasteiger partial charge in [0.1, 0.15) is 9.57 Å². The van der Waals surface area contributed by atoms with Gasteiger partial charge in [-0.25, -0.2) is 4.90 Å². The standard InChI is InChI=1S/C23H25N3O2S2/c1-17-7-5-6-10-19(17)26-21(27)15-20(22(26)28)30-23(29)25-13-11-24(12-14-25)16-18-8-3-2-4-9-18/h2-10,20H,11-16H2,1H3. The summed E-state index contributed by atoms with van der Waals surface area (Å²) in [5, 5.41) is -0.438. The lowest BCUT2D eigenvalue weighted by Gasteiger charge is -2.36. The molecule has 156 valence electrons. The maximum absolute atomic E-state index is 12.9. The summed E-state index contributed by atoms with van der Waals surface area (Å²) < 4.78 is 0.715. The van der Waals surface area contributed by atoms with Crippen molar-refractivity contribution in [2.45, 2.75) is 25.1 Å². The molecule has 2 saturated heterocycles. The third-order valence-electron chi connectivity index (χ3n) is 5.58. The number of aryl methyl sites for hydroxylation is 1. The zero-order chi connectivity index (χ0) is 21.1. The van der Waals surface area contributed by atoms with Crippen LogP contribution in [0.2, 0.25) is 0 Å². The maximum atomic E-state index is 12.9. The Bertz CT molecular complexity index is 942. The van der Waals surface area contributed by atoms with E-state index in [9.17, 15) is 9.59 Å². The molecule has 5 nitrogen and oxygen atoms in total. The van der Waals surface area contributed by atoms with Gasteiger partial charge in [0.25, 0.3) is 0 Å². The Hall–Kier alpha value is -2.22. The van der Waals surface area contributed by atoms with E-state index in [1.165, 1.54) is 22.2 Å². The van der Waals surface area contributed by atoms with Gasteiger partial charge >= 0.3 is 0 Å². The summed E-state index contributed by atoms with van der Waals surface area (Å²) in [5.41, 5.74) is 2.91. The Morgan fingerprint density at radius 2 is 1.67 bits per heavy atom. The third-order valence-corrected chi connectivity index (χ3v) is 7.24. The van der Waals surface area contributed by atoms with Crippen LogP contribution >= 0.6 is 24.0 Å². The first-order valence-electron chi connectivity index (χ1n) is 10.2. The molecular formula is C23H25N3O2S2. The van der Waals surface area contributed by atoms with E-state index in [1.54, 1.807) is 0 Å². The molecule has 0 saturated carbocycles. The van der Waals surface area contributed by atoms with Gasteiger partial charge in [-0.15, -0.1) is 0 Å². The van der Waals surface area contributed by atoms with E-state index < -0.39 is 5.25 Å². The van der Waals surface area contributed by atoms with Gasteiger partial charge in [0.2, 0.25) is 11.8 Å². The summed E-state index contributed by atoms with van der Waals surface area (Å²) >= 11 is 7.00. The van der Waals surface area contributed by atoms with Crippen molar-refractivity contribution in [2.24, 2.45) is 0 Å². The van der Waals surface area contributed by atoms with E-state index in [-0.39, 0.29) is 18.2 Å². The van der Waals surface area contributed by atoms with Crippen molar-refractivity contribution in [1.29, 1.82) is 0 Å². The van der Waals surface area contributed by atoms with Gasteiger partial charge in [0.15, 0.2) is 0 Å². The summed E-state index contributed by atoms with van der Waals surface area (Å²) in [5.74, 6) is -0.313. The zero-order valence-corrected chi connectivity index (χ0v) is 18.6. The van der Waals surface area contributed by atoms with Crippen molar-refractivity contribution < 1.29 is 9.59 Å². The molecule has 2 heterocycles. The SMILES string of the molecule is Cc1ccccc1N1C(=O)CC(SC(=S)N2CCN(Cc3ccccc3)CC2)C1=O. The van der Waals surface area contributed by atoms with Gasteiger partial charge in [-0.05, 0) is 24.1 Å². The predicted molar refractivity (Wildman–Crippen MR) is 126 cm³/mol. The highest BCUT2D eigenvalue weighted by molar-refractivity contribution is 8.23. The quantitative estimate of drug-likeness (QED) is 0.537. The average Bonchev–Trinajstić information content (AvgIpc) is 3.02. The maximum Gasteiger partial charge on any atom is 0.247 e. The van der Waals surface area contributed by atoms with Crippen LogP contribution in [0.1, 0.15) is 17.5 Å². The number of benzene rings is 2. The zero-order valence-electron chi connectivity index (χ0n) is 17.0. The molecule has 2 aromatic rings. The highest BCUT2D eigenvalue weighted by atomic mass is 32.2. The Morgan fingerprint density at radius 1 is 1.00 bits per heavy atom. The summed E-state index contributed by atoms with van der Waals surface area (Å²) in [7, 11) is 0. The summed E-state index contributed by atoms with van der Waals surface area (Å²) in [6.07, 6.45) is 0.200. The Balaban J connectivity index is 1.32. The Morgan fingerprint density at radius 3 is 2.37 bits per heavy atom. The molecule has 2 aromatic carbocycles. The summed E-state index contributed by atoms with van der Waals surface area (Å²) in [4.78, 5) is 31.4. The molecular weight excluding hydrogens is 414 g/mol. The number of hydrogen-bond donors (Lipinski definition) is 0. The topological polar surface area (TPSA) is 43.9 Å². The van der Waals surface area contributed by atoms with Gasteiger partial charge in [0.05, 0.1) is 5.69 Å². The van der Waals surface area contributed by atoms with Crippen LogP contribution in [-0.4, -0.2) is 57.4 Å². The van der Waals surface area contributed by atoms with Gasteiger partial charge in [-0.2, -0.15) is 0 Å².